The van der Waals surface area contributed by atoms with Gasteiger partial charge in [-0.3, -0.25) is 0 Å². The van der Waals surface area contributed by atoms with Crippen molar-refractivity contribution in [3.05, 3.63) is 0 Å². The molecule has 2 amide bonds. The Kier molecular flexibility index (Phi) is 11.2. The molecule has 0 rings (SSSR count). The number of unbranched alkanes of at least 4 members (excludes halogenated alkanes) is 4. The third-order valence-corrected chi connectivity index (χ3v) is 2.83. The Balaban J connectivity index is 3.59. The molecular weight excluding hydrogens is 212 g/mol. The van der Waals surface area contributed by atoms with Gasteiger partial charge < -0.3 is 10.2 Å². The summed E-state index contributed by atoms with van der Waals surface area (Å²) in [6.07, 6.45) is 8.28. The molecule has 0 fully saturated rings. The van der Waals surface area contributed by atoms with Crippen LogP contribution < -0.4 is 5.32 Å². The standard InChI is InChI=1S/C14H30N2O/c1-4-7-8-9-10-11-15-14(17)16(12-5-2)13-6-3/h4-13H2,1-3H3,(H,15,17). The van der Waals surface area contributed by atoms with Gasteiger partial charge in [-0.05, 0) is 19.3 Å². The summed E-state index contributed by atoms with van der Waals surface area (Å²) < 4.78 is 0. The van der Waals surface area contributed by atoms with Crippen LogP contribution in [-0.2, 0) is 0 Å². The number of hydrogen-bond donors (Lipinski definition) is 1. The second kappa shape index (κ2) is 11.7. The summed E-state index contributed by atoms with van der Waals surface area (Å²) in [5, 5.41) is 3.02. The molecule has 0 aromatic rings. The van der Waals surface area contributed by atoms with Crippen LogP contribution in [0, 0.1) is 0 Å². The molecule has 0 atom stereocenters. The fourth-order valence-corrected chi connectivity index (χ4v) is 1.89. The zero-order chi connectivity index (χ0) is 12.9. The summed E-state index contributed by atoms with van der Waals surface area (Å²) in [7, 11) is 0. The monoisotopic (exact) mass is 242 g/mol. The predicted octanol–water partition coefficient (Wildman–Crippen LogP) is 3.79. The maximum absolute atomic E-state index is 11.8. The molecule has 3 heteroatoms. The third kappa shape index (κ3) is 9.02. The summed E-state index contributed by atoms with van der Waals surface area (Å²) in [6.45, 7) is 9.01. The quantitative estimate of drug-likeness (QED) is 0.581. The average Bonchev–Trinajstić information content (AvgIpc) is 2.33. The van der Waals surface area contributed by atoms with Crippen molar-refractivity contribution in [3.63, 3.8) is 0 Å². The first-order valence-corrected chi connectivity index (χ1v) is 7.29. The number of rotatable bonds is 10. The Labute approximate surface area is 107 Å². The molecular formula is C14H30N2O. The lowest BCUT2D eigenvalue weighted by Crippen LogP contribution is -2.41. The predicted molar refractivity (Wildman–Crippen MR) is 74.3 cm³/mol. The molecule has 0 spiro atoms. The lowest BCUT2D eigenvalue weighted by atomic mass is 10.1. The molecule has 0 heterocycles. The van der Waals surface area contributed by atoms with Crippen LogP contribution in [-0.4, -0.2) is 30.6 Å². The molecule has 0 aliphatic heterocycles. The molecule has 0 saturated carbocycles. The van der Waals surface area contributed by atoms with Crippen LogP contribution in [0.15, 0.2) is 0 Å². The summed E-state index contributed by atoms with van der Waals surface area (Å²) >= 11 is 0. The van der Waals surface area contributed by atoms with Crippen molar-refractivity contribution in [2.24, 2.45) is 0 Å². The van der Waals surface area contributed by atoms with Gasteiger partial charge in [-0.15, -0.1) is 0 Å². The maximum Gasteiger partial charge on any atom is 0.317 e. The number of nitrogens with zero attached hydrogens (tertiary/aromatic N) is 1. The van der Waals surface area contributed by atoms with Gasteiger partial charge in [0.25, 0.3) is 0 Å². The van der Waals surface area contributed by atoms with Gasteiger partial charge in [0.15, 0.2) is 0 Å². The smallest absolute Gasteiger partial charge is 0.317 e. The van der Waals surface area contributed by atoms with Crippen LogP contribution in [0.5, 0.6) is 0 Å². The Morgan fingerprint density at radius 3 is 2.00 bits per heavy atom. The van der Waals surface area contributed by atoms with E-state index in [1.54, 1.807) is 0 Å². The van der Waals surface area contributed by atoms with E-state index in [0.29, 0.717) is 0 Å². The Morgan fingerprint density at radius 1 is 0.882 bits per heavy atom. The van der Waals surface area contributed by atoms with Gasteiger partial charge in [0.05, 0.1) is 0 Å². The molecule has 102 valence electrons. The van der Waals surface area contributed by atoms with Gasteiger partial charge in [0.2, 0.25) is 0 Å². The normalized spacial score (nSPS) is 10.3. The highest BCUT2D eigenvalue weighted by molar-refractivity contribution is 5.74. The van der Waals surface area contributed by atoms with Crippen LogP contribution in [0.25, 0.3) is 0 Å². The third-order valence-electron chi connectivity index (χ3n) is 2.83. The van der Waals surface area contributed by atoms with Gasteiger partial charge in [0, 0.05) is 19.6 Å². The van der Waals surface area contributed by atoms with E-state index >= 15 is 0 Å². The summed E-state index contributed by atoms with van der Waals surface area (Å²) in [4.78, 5) is 13.7. The van der Waals surface area contributed by atoms with Crippen molar-refractivity contribution < 1.29 is 4.79 Å². The van der Waals surface area contributed by atoms with E-state index in [1.165, 1.54) is 25.7 Å². The summed E-state index contributed by atoms with van der Waals surface area (Å²) in [6, 6.07) is 0.115. The number of amides is 2. The zero-order valence-corrected chi connectivity index (χ0v) is 11.9. The molecule has 0 bridgehead atoms. The Hall–Kier alpha value is -0.730. The first kappa shape index (κ1) is 16.3. The van der Waals surface area contributed by atoms with E-state index in [4.69, 9.17) is 0 Å². The number of carbonyl (C=O) groups excluding carboxylic acids is 1. The zero-order valence-electron chi connectivity index (χ0n) is 11.9. The lowest BCUT2D eigenvalue weighted by Gasteiger charge is -2.21. The van der Waals surface area contributed by atoms with Crippen molar-refractivity contribution in [1.29, 1.82) is 0 Å². The number of urea groups is 1. The first-order chi connectivity index (χ1) is 8.26. The Bertz CT molecular complexity index is 177. The molecule has 0 aromatic carbocycles. The van der Waals surface area contributed by atoms with Gasteiger partial charge >= 0.3 is 6.03 Å². The maximum atomic E-state index is 11.8. The SMILES string of the molecule is CCCCCCCNC(=O)N(CCC)CCC. The molecule has 0 saturated heterocycles. The first-order valence-electron chi connectivity index (χ1n) is 7.29. The van der Waals surface area contributed by atoms with Crippen LogP contribution >= 0.6 is 0 Å². The molecule has 0 aliphatic carbocycles. The fraction of sp³-hybridized carbons (Fsp3) is 0.929. The highest BCUT2D eigenvalue weighted by Crippen LogP contribution is 2.01. The molecule has 0 radical (unpaired) electrons. The van der Waals surface area contributed by atoms with Crippen LogP contribution in [0.1, 0.15) is 65.7 Å². The van der Waals surface area contributed by atoms with Crippen LogP contribution in [0.3, 0.4) is 0 Å². The second-order valence-electron chi connectivity index (χ2n) is 4.63. The fourth-order valence-electron chi connectivity index (χ4n) is 1.89. The van der Waals surface area contributed by atoms with Crippen molar-refractivity contribution >= 4 is 6.03 Å². The summed E-state index contributed by atoms with van der Waals surface area (Å²) in [5.41, 5.74) is 0. The molecule has 0 unspecified atom stereocenters. The van der Waals surface area contributed by atoms with E-state index < -0.39 is 0 Å². The molecule has 0 aromatic heterocycles. The van der Waals surface area contributed by atoms with Crippen molar-refractivity contribution in [3.8, 4) is 0 Å². The van der Waals surface area contributed by atoms with Gasteiger partial charge in [-0.1, -0.05) is 46.5 Å². The van der Waals surface area contributed by atoms with E-state index in [1.807, 2.05) is 4.90 Å². The highest BCUT2D eigenvalue weighted by atomic mass is 16.2. The molecule has 17 heavy (non-hydrogen) atoms. The summed E-state index contributed by atoms with van der Waals surface area (Å²) in [5.74, 6) is 0. The van der Waals surface area contributed by atoms with Crippen molar-refractivity contribution in [1.82, 2.24) is 10.2 Å². The average molecular weight is 242 g/mol. The molecule has 3 nitrogen and oxygen atoms in total. The van der Waals surface area contributed by atoms with Crippen LogP contribution in [0.2, 0.25) is 0 Å². The van der Waals surface area contributed by atoms with Gasteiger partial charge in [-0.2, -0.15) is 0 Å². The minimum Gasteiger partial charge on any atom is -0.338 e. The number of nitrogens with one attached hydrogen (secondary N) is 1. The second-order valence-corrected chi connectivity index (χ2v) is 4.63. The minimum absolute atomic E-state index is 0.115. The topological polar surface area (TPSA) is 32.3 Å². The van der Waals surface area contributed by atoms with E-state index in [2.05, 4.69) is 26.1 Å². The molecule has 0 aliphatic rings. The number of carbonyl (C=O) groups is 1. The molecule has 1 N–H and O–H groups in total. The van der Waals surface area contributed by atoms with Crippen molar-refractivity contribution in [2.45, 2.75) is 65.7 Å². The Morgan fingerprint density at radius 2 is 1.47 bits per heavy atom. The van der Waals surface area contributed by atoms with E-state index in [0.717, 1.165) is 38.9 Å². The highest BCUT2D eigenvalue weighted by Gasteiger charge is 2.09. The van der Waals surface area contributed by atoms with Gasteiger partial charge in [-0.25, -0.2) is 4.79 Å². The van der Waals surface area contributed by atoms with Crippen molar-refractivity contribution in [2.75, 3.05) is 19.6 Å². The minimum atomic E-state index is 0.115. The van der Waals surface area contributed by atoms with E-state index in [9.17, 15) is 4.79 Å². The van der Waals surface area contributed by atoms with Crippen LogP contribution in [0.4, 0.5) is 4.79 Å². The van der Waals surface area contributed by atoms with E-state index in [-0.39, 0.29) is 6.03 Å². The van der Waals surface area contributed by atoms with Gasteiger partial charge in [0.1, 0.15) is 0 Å². The lowest BCUT2D eigenvalue weighted by molar-refractivity contribution is 0.197. The number of hydrogen-bond acceptors (Lipinski definition) is 1. The largest absolute Gasteiger partial charge is 0.338 e.